The summed E-state index contributed by atoms with van der Waals surface area (Å²) in [7, 11) is 0. The number of benzene rings is 2. The Morgan fingerprint density at radius 2 is 1.92 bits per heavy atom. The van der Waals surface area contributed by atoms with Gasteiger partial charge in [-0.2, -0.15) is 0 Å². The molecule has 0 aliphatic rings. The van der Waals surface area contributed by atoms with E-state index in [1.54, 1.807) is 53.6 Å². The monoisotopic (exact) mass is 322 g/mol. The first kappa shape index (κ1) is 15.6. The maximum Gasteiger partial charge on any atom is 0.228 e. The molecule has 0 saturated heterocycles. The zero-order valence-corrected chi connectivity index (χ0v) is 12.8. The fourth-order valence-electron chi connectivity index (χ4n) is 2.19. The van der Waals surface area contributed by atoms with Gasteiger partial charge < -0.3 is 5.32 Å². The van der Waals surface area contributed by atoms with Gasteiger partial charge in [-0.15, -0.1) is 10.2 Å². The summed E-state index contributed by atoms with van der Waals surface area (Å²) in [5, 5.41) is 10.3. The summed E-state index contributed by atoms with van der Waals surface area (Å²) >= 11 is 0. The van der Waals surface area contributed by atoms with E-state index >= 15 is 0 Å². The van der Waals surface area contributed by atoms with E-state index in [0.717, 1.165) is 5.69 Å². The van der Waals surface area contributed by atoms with Gasteiger partial charge in [0.1, 0.15) is 18.5 Å². The van der Waals surface area contributed by atoms with Gasteiger partial charge in [-0.25, -0.2) is 4.39 Å². The van der Waals surface area contributed by atoms with Gasteiger partial charge in [0.2, 0.25) is 5.91 Å². The highest BCUT2D eigenvalue weighted by Crippen LogP contribution is 2.14. The van der Waals surface area contributed by atoms with Crippen molar-refractivity contribution in [3.8, 4) is 5.69 Å². The van der Waals surface area contributed by atoms with Crippen molar-refractivity contribution >= 4 is 17.7 Å². The minimum Gasteiger partial charge on any atom is -0.326 e. The highest BCUT2D eigenvalue weighted by atomic mass is 19.1. The fraction of sp³-hybridized carbons (Fsp3) is 0.0556. The number of rotatable bonds is 5. The van der Waals surface area contributed by atoms with Crippen LogP contribution in [-0.4, -0.2) is 20.7 Å². The zero-order valence-electron chi connectivity index (χ0n) is 12.8. The molecule has 1 N–H and O–H groups in total. The van der Waals surface area contributed by atoms with Crippen LogP contribution in [-0.2, 0) is 4.79 Å². The van der Waals surface area contributed by atoms with Crippen LogP contribution >= 0.6 is 0 Å². The number of nitrogens with one attached hydrogen (secondary N) is 1. The van der Waals surface area contributed by atoms with Crippen LogP contribution in [0.4, 0.5) is 10.1 Å². The lowest BCUT2D eigenvalue weighted by Crippen LogP contribution is -2.10. The van der Waals surface area contributed by atoms with E-state index in [9.17, 15) is 9.18 Å². The summed E-state index contributed by atoms with van der Waals surface area (Å²) in [6.07, 6.45) is 6.56. The molecule has 5 nitrogen and oxygen atoms in total. The number of hydrogen-bond donors (Lipinski definition) is 1. The second-order valence-electron chi connectivity index (χ2n) is 5.10. The van der Waals surface area contributed by atoms with Gasteiger partial charge in [0, 0.05) is 17.7 Å². The Morgan fingerprint density at radius 1 is 1.12 bits per heavy atom. The Balaban J connectivity index is 1.61. The average Bonchev–Trinajstić information content (AvgIpc) is 3.11. The lowest BCUT2D eigenvalue weighted by molar-refractivity contribution is -0.115. The molecule has 0 spiro atoms. The van der Waals surface area contributed by atoms with Crippen molar-refractivity contribution in [2.24, 2.45) is 0 Å². The lowest BCUT2D eigenvalue weighted by atomic mass is 10.2. The second-order valence-corrected chi connectivity index (χ2v) is 5.10. The van der Waals surface area contributed by atoms with Gasteiger partial charge in [-0.1, -0.05) is 36.4 Å². The van der Waals surface area contributed by atoms with Crippen molar-refractivity contribution in [1.82, 2.24) is 14.8 Å². The minimum atomic E-state index is -0.309. The van der Waals surface area contributed by atoms with Gasteiger partial charge in [0.15, 0.2) is 0 Å². The molecule has 0 unspecified atom stereocenters. The van der Waals surface area contributed by atoms with Crippen LogP contribution in [0.3, 0.4) is 0 Å². The quantitative estimate of drug-likeness (QED) is 0.782. The molecule has 0 radical (unpaired) electrons. The van der Waals surface area contributed by atoms with E-state index in [1.165, 1.54) is 6.07 Å². The molecule has 0 atom stereocenters. The zero-order chi connectivity index (χ0) is 16.8. The number of anilines is 1. The number of aromatic nitrogens is 3. The van der Waals surface area contributed by atoms with Gasteiger partial charge in [0.05, 0.1) is 5.69 Å². The van der Waals surface area contributed by atoms with Crippen LogP contribution in [0.15, 0.2) is 67.3 Å². The molecule has 2 aromatic carbocycles. The fourth-order valence-corrected chi connectivity index (χ4v) is 2.19. The molecule has 3 rings (SSSR count). The van der Waals surface area contributed by atoms with Gasteiger partial charge in [0.25, 0.3) is 0 Å². The summed E-state index contributed by atoms with van der Waals surface area (Å²) in [5.74, 6) is -0.487. The highest BCUT2D eigenvalue weighted by molar-refractivity contribution is 5.92. The predicted molar refractivity (Wildman–Crippen MR) is 90.0 cm³/mol. The van der Waals surface area contributed by atoms with Gasteiger partial charge in [-0.05, 0) is 24.3 Å². The highest BCUT2D eigenvalue weighted by Gasteiger charge is 2.03. The molecule has 0 aliphatic heterocycles. The molecule has 0 bridgehead atoms. The smallest absolute Gasteiger partial charge is 0.228 e. The van der Waals surface area contributed by atoms with Crippen LogP contribution in [0.1, 0.15) is 12.0 Å². The van der Waals surface area contributed by atoms with Crippen LogP contribution in [0, 0.1) is 5.82 Å². The van der Waals surface area contributed by atoms with E-state index in [0.29, 0.717) is 11.3 Å². The Hall–Kier alpha value is -3.28. The van der Waals surface area contributed by atoms with Crippen molar-refractivity contribution < 1.29 is 9.18 Å². The van der Waals surface area contributed by atoms with Crippen molar-refractivity contribution in [3.05, 3.63) is 78.6 Å². The second kappa shape index (κ2) is 7.32. The minimum absolute atomic E-state index is 0.158. The van der Waals surface area contributed by atoms with E-state index in [-0.39, 0.29) is 18.1 Å². The number of carbonyl (C=O) groups excluding carboxylic acids is 1. The third-order valence-electron chi connectivity index (χ3n) is 3.35. The topological polar surface area (TPSA) is 59.8 Å². The lowest BCUT2D eigenvalue weighted by Gasteiger charge is -2.06. The van der Waals surface area contributed by atoms with Gasteiger partial charge in [-0.3, -0.25) is 9.36 Å². The number of amides is 1. The van der Waals surface area contributed by atoms with Crippen LogP contribution in [0.2, 0.25) is 0 Å². The summed E-state index contributed by atoms with van der Waals surface area (Å²) in [5.41, 5.74) is 1.98. The van der Waals surface area contributed by atoms with Crippen LogP contribution < -0.4 is 5.32 Å². The molecule has 24 heavy (non-hydrogen) atoms. The first-order valence-corrected chi connectivity index (χ1v) is 7.38. The van der Waals surface area contributed by atoms with E-state index in [1.807, 2.05) is 18.2 Å². The molecule has 3 aromatic rings. The van der Waals surface area contributed by atoms with Crippen molar-refractivity contribution in [2.45, 2.75) is 6.42 Å². The maximum absolute atomic E-state index is 13.5. The van der Waals surface area contributed by atoms with Crippen LogP contribution in [0.25, 0.3) is 11.8 Å². The third-order valence-corrected chi connectivity index (χ3v) is 3.35. The summed E-state index contributed by atoms with van der Waals surface area (Å²) in [6, 6.07) is 13.8. The molecular formula is C18H15FN4O. The molecule has 1 aromatic heterocycles. The van der Waals surface area contributed by atoms with Crippen molar-refractivity contribution in [1.29, 1.82) is 0 Å². The summed E-state index contributed by atoms with van der Waals surface area (Å²) in [6.45, 7) is 0. The first-order chi connectivity index (χ1) is 11.7. The van der Waals surface area contributed by atoms with Crippen molar-refractivity contribution in [2.75, 3.05) is 5.32 Å². The molecule has 1 amide bonds. The normalized spacial score (nSPS) is 10.9. The Labute approximate surface area is 138 Å². The van der Waals surface area contributed by atoms with Crippen LogP contribution in [0.5, 0.6) is 0 Å². The predicted octanol–water partition coefficient (Wildman–Crippen LogP) is 3.45. The Morgan fingerprint density at radius 3 is 2.71 bits per heavy atom. The van der Waals surface area contributed by atoms with E-state index in [2.05, 4.69) is 15.5 Å². The molecule has 0 aliphatic carbocycles. The number of hydrogen-bond acceptors (Lipinski definition) is 3. The first-order valence-electron chi connectivity index (χ1n) is 7.38. The molecule has 1 heterocycles. The molecule has 6 heteroatoms. The standard InChI is InChI=1S/C18H15FN4O/c19-17-9-2-1-5-14(17)6-3-10-18(24)22-15-7-4-8-16(11-15)23-12-20-21-13-23/h1-9,11-13H,10H2,(H,22,24)/b6-3+. The molecule has 120 valence electrons. The SMILES string of the molecule is O=C(C/C=C/c1ccccc1F)Nc1cccc(-n2cnnc2)c1. The van der Waals surface area contributed by atoms with Gasteiger partial charge >= 0.3 is 0 Å². The summed E-state index contributed by atoms with van der Waals surface area (Å²) < 4.78 is 15.2. The van der Waals surface area contributed by atoms with E-state index in [4.69, 9.17) is 0 Å². The number of halogens is 1. The molecular weight excluding hydrogens is 307 g/mol. The Kier molecular flexibility index (Phi) is 4.76. The third kappa shape index (κ3) is 3.92. The maximum atomic E-state index is 13.5. The average molecular weight is 322 g/mol. The largest absolute Gasteiger partial charge is 0.326 e. The van der Waals surface area contributed by atoms with E-state index < -0.39 is 0 Å². The molecule has 0 saturated carbocycles. The van der Waals surface area contributed by atoms with Crippen molar-refractivity contribution in [3.63, 3.8) is 0 Å². The number of carbonyl (C=O) groups is 1. The number of nitrogens with zero attached hydrogens (tertiary/aromatic N) is 3. The molecule has 0 fully saturated rings. The Bertz CT molecular complexity index is 859. The summed E-state index contributed by atoms with van der Waals surface area (Å²) in [4.78, 5) is 12.0.